The molecule has 0 aliphatic heterocycles. The van der Waals surface area contributed by atoms with E-state index in [4.69, 9.17) is 11.6 Å². The Labute approximate surface area is 131 Å². The molecule has 7 heteroatoms. The molecule has 20 heavy (non-hydrogen) atoms. The van der Waals surface area contributed by atoms with Crippen molar-refractivity contribution < 1.29 is 0 Å². The largest absolute Gasteiger partial charge is 0.354 e. The van der Waals surface area contributed by atoms with Crippen LogP contribution in [0.2, 0.25) is 5.28 Å². The molecule has 1 unspecified atom stereocenters. The summed E-state index contributed by atoms with van der Waals surface area (Å²) < 4.78 is 1.03. The number of hydrogen-bond acceptors (Lipinski definition) is 5. The van der Waals surface area contributed by atoms with Gasteiger partial charge in [-0.2, -0.15) is 15.0 Å². The van der Waals surface area contributed by atoms with Crippen LogP contribution in [0.15, 0.2) is 28.7 Å². The highest BCUT2D eigenvalue weighted by Gasteiger charge is 2.10. The average Bonchev–Trinajstić information content (AvgIpc) is 2.38. The molecule has 0 bridgehead atoms. The molecule has 0 amide bonds. The van der Waals surface area contributed by atoms with Gasteiger partial charge in [-0.15, -0.1) is 0 Å². The van der Waals surface area contributed by atoms with E-state index in [-0.39, 0.29) is 11.3 Å². The summed E-state index contributed by atoms with van der Waals surface area (Å²) in [7, 11) is 0. The number of nitrogens with one attached hydrogen (secondary N) is 2. The molecule has 1 atom stereocenters. The maximum absolute atomic E-state index is 5.89. The molecule has 1 aromatic heterocycles. The maximum Gasteiger partial charge on any atom is 0.229 e. The van der Waals surface area contributed by atoms with Crippen molar-refractivity contribution in [3.63, 3.8) is 0 Å². The highest BCUT2D eigenvalue weighted by molar-refractivity contribution is 9.10. The number of halogens is 2. The van der Waals surface area contributed by atoms with Crippen LogP contribution in [0.3, 0.4) is 0 Å². The third kappa shape index (κ3) is 4.05. The number of anilines is 2. The van der Waals surface area contributed by atoms with Crippen LogP contribution in [-0.2, 0) is 0 Å². The highest BCUT2D eigenvalue weighted by atomic mass is 79.9. The first-order valence-corrected chi connectivity index (χ1v) is 7.43. The Morgan fingerprint density at radius 2 is 2.00 bits per heavy atom. The molecule has 0 saturated heterocycles. The first-order valence-electron chi connectivity index (χ1n) is 6.26. The lowest BCUT2D eigenvalue weighted by Gasteiger charge is -2.15. The summed E-state index contributed by atoms with van der Waals surface area (Å²) in [4.78, 5) is 12.4. The summed E-state index contributed by atoms with van der Waals surface area (Å²) in [5.41, 5.74) is 1.13. The average molecular weight is 357 g/mol. The normalized spacial score (nSPS) is 12.0. The molecule has 2 rings (SSSR count). The van der Waals surface area contributed by atoms with Crippen molar-refractivity contribution in [2.75, 3.05) is 17.2 Å². The predicted molar refractivity (Wildman–Crippen MR) is 85.2 cm³/mol. The summed E-state index contributed by atoms with van der Waals surface area (Å²) in [5.74, 6) is 0.921. The molecule has 0 radical (unpaired) electrons. The van der Waals surface area contributed by atoms with Crippen LogP contribution in [0.25, 0.3) is 0 Å². The van der Waals surface area contributed by atoms with Crippen molar-refractivity contribution in [1.29, 1.82) is 0 Å². The zero-order chi connectivity index (χ0) is 14.5. The van der Waals surface area contributed by atoms with E-state index in [1.165, 1.54) is 0 Å². The van der Waals surface area contributed by atoms with Crippen LogP contribution < -0.4 is 10.6 Å². The Kier molecular flexibility index (Phi) is 5.14. The monoisotopic (exact) mass is 355 g/mol. The zero-order valence-electron chi connectivity index (χ0n) is 11.2. The zero-order valence-corrected chi connectivity index (χ0v) is 13.5. The fraction of sp³-hybridized carbons (Fsp3) is 0.308. The number of benzene rings is 1. The number of hydrogen-bond donors (Lipinski definition) is 2. The Morgan fingerprint density at radius 3 is 2.70 bits per heavy atom. The number of nitrogens with zero attached hydrogens (tertiary/aromatic N) is 3. The summed E-state index contributed by atoms with van der Waals surface area (Å²) >= 11 is 9.35. The second-order valence-corrected chi connectivity index (χ2v) is 5.46. The first-order chi connectivity index (χ1) is 9.58. The molecule has 1 heterocycles. The topological polar surface area (TPSA) is 62.7 Å². The van der Waals surface area contributed by atoms with Crippen molar-refractivity contribution in [2.45, 2.75) is 19.9 Å². The van der Waals surface area contributed by atoms with Gasteiger partial charge in [0.1, 0.15) is 0 Å². The maximum atomic E-state index is 5.89. The molecular weight excluding hydrogens is 342 g/mol. The smallest absolute Gasteiger partial charge is 0.229 e. The molecule has 0 saturated carbocycles. The van der Waals surface area contributed by atoms with Crippen molar-refractivity contribution in [1.82, 2.24) is 15.0 Å². The van der Waals surface area contributed by atoms with Gasteiger partial charge in [-0.1, -0.05) is 28.1 Å². The van der Waals surface area contributed by atoms with Gasteiger partial charge in [-0.3, -0.25) is 0 Å². The van der Waals surface area contributed by atoms with Gasteiger partial charge in [-0.05, 0) is 43.1 Å². The van der Waals surface area contributed by atoms with E-state index in [0.717, 1.165) is 16.6 Å². The molecule has 0 spiro atoms. The molecule has 5 nitrogen and oxygen atoms in total. The molecule has 2 aromatic rings. The van der Waals surface area contributed by atoms with Gasteiger partial charge in [0, 0.05) is 11.0 Å². The third-order valence-electron chi connectivity index (χ3n) is 2.64. The van der Waals surface area contributed by atoms with Crippen LogP contribution in [-0.4, -0.2) is 21.5 Å². The van der Waals surface area contributed by atoms with Gasteiger partial charge >= 0.3 is 0 Å². The predicted octanol–water partition coefficient (Wildman–Crippen LogP) is 3.89. The quantitative estimate of drug-likeness (QED) is 0.851. The molecule has 0 aliphatic carbocycles. The van der Waals surface area contributed by atoms with E-state index >= 15 is 0 Å². The van der Waals surface area contributed by atoms with Gasteiger partial charge in [-0.25, -0.2) is 0 Å². The summed E-state index contributed by atoms with van der Waals surface area (Å²) in [6, 6.07) is 8.11. The SMILES string of the molecule is CCNc1nc(Cl)nc(NC(C)c2cccc(Br)c2)n1. The lowest BCUT2D eigenvalue weighted by molar-refractivity contribution is 0.852. The minimum atomic E-state index is 0.0560. The van der Waals surface area contributed by atoms with E-state index in [0.29, 0.717) is 11.9 Å². The van der Waals surface area contributed by atoms with Gasteiger partial charge in [0.15, 0.2) is 0 Å². The Bertz CT molecular complexity index is 593. The second kappa shape index (κ2) is 6.85. The van der Waals surface area contributed by atoms with Crippen LogP contribution >= 0.6 is 27.5 Å². The molecule has 106 valence electrons. The third-order valence-corrected chi connectivity index (χ3v) is 3.30. The van der Waals surface area contributed by atoms with Gasteiger partial charge in [0.05, 0.1) is 6.04 Å². The molecule has 0 aliphatic rings. The first kappa shape index (κ1) is 15.0. The second-order valence-electron chi connectivity index (χ2n) is 4.20. The van der Waals surface area contributed by atoms with Crippen LogP contribution in [0, 0.1) is 0 Å². The van der Waals surface area contributed by atoms with Gasteiger partial charge in [0.25, 0.3) is 0 Å². The lowest BCUT2D eigenvalue weighted by atomic mass is 10.1. The van der Waals surface area contributed by atoms with Crippen LogP contribution in [0.4, 0.5) is 11.9 Å². The van der Waals surface area contributed by atoms with Crippen LogP contribution in [0.1, 0.15) is 25.5 Å². The van der Waals surface area contributed by atoms with E-state index in [1.54, 1.807) is 0 Å². The minimum absolute atomic E-state index is 0.0560. The molecule has 2 N–H and O–H groups in total. The Hall–Kier alpha value is -1.40. The standard InChI is InChI=1S/C13H15BrClN5/c1-3-16-12-18-11(15)19-13(20-12)17-8(2)9-5-4-6-10(14)7-9/h4-8H,3H2,1-2H3,(H2,16,17,18,19,20). The summed E-state index contributed by atoms with van der Waals surface area (Å²) in [5, 5.41) is 6.40. The fourth-order valence-electron chi connectivity index (χ4n) is 1.70. The molecule has 1 aromatic carbocycles. The number of aromatic nitrogens is 3. The van der Waals surface area contributed by atoms with E-state index < -0.39 is 0 Å². The van der Waals surface area contributed by atoms with Crippen molar-refractivity contribution in [3.05, 3.63) is 39.6 Å². The Balaban J connectivity index is 2.16. The van der Waals surface area contributed by atoms with E-state index in [2.05, 4.69) is 41.5 Å². The molecule has 0 fully saturated rings. The van der Waals surface area contributed by atoms with Crippen molar-refractivity contribution in [3.8, 4) is 0 Å². The van der Waals surface area contributed by atoms with Gasteiger partial charge < -0.3 is 10.6 Å². The fourth-order valence-corrected chi connectivity index (χ4v) is 2.28. The minimum Gasteiger partial charge on any atom is -0.354 e. The number of rotatable bonds is 5. The van der Waals surface area contributed by atoms with Gasteiger partial charge in [0.2, 0.25) is 17.2 Å². The lowest BCUT2D eigenvalue weighted by Crippen LogP contribution is -2.12. The molecular formula is C13H15BrClN5. The van der Waals surface area contributed by atoms with Crippen LogP contribution in [0.5, 0.6) is 0 Å². The van der Waals surface area contributed by atoms with Crippen molar-refractivity contribution >= 4 is 39.4 Å². The van der Waals surface area contributed by atoms with Crippen molar-refractivity contribution in [2.24, 2.45) is 0 Å². The van der Waals surface area contributed by atoms with E-state index in [1.807, 2.05) is 38.1 Å². The van der Waals surface area contributed by atoms with E-state index in [9.17, 15) is 0 Å². The highest BCUT2D eigenvalue weighted by Crippen LogP contribution is 2.21. The Morgan fingerprint density at radius 1 is 1.25 bits per heavy atom. The summed E-state index contributed by atoms with van der Waals surface area (Å²) in [6.45, 7) is 4.72. The summed E-state index contributed by atoms with van der Waals surface area (Å²) in [6.07, 6.45) is 0.